The van der Waals surface area contributed by atoms with Crippen molar-refractivity contribution >= 4 is 11.4 Å². The first kappa shape index (κ1) is 12.0. The molecule has 0 bridgehead atoms. The Kier molecular flexibility index (Phi) is 2.48. The zero-order valence-electron chi connectivity index (χ0n) is 11.2. The number of nitrogen functional groups attached to an aromatic ring is 2. The third kappa shape index (κ3) is 2.14. The molecule has 4 N–H and O–H groups in total. The lowest BCUT2D eigenvalue weighted by Crippen LogP contribution is -2.08. The molecule has 2 aromatic rings. The van der Waals surface area contributed by atoms with Crippen molar-refractivity contribution in [2.24, 2.45) is 11.3 Å². The van der Waals surface area contributed by atoms with Gasteiger partial charge in [-0.05, 0) is 46.4 Å². The number of benzene rings is 1. The lowest BCUT2D eigenvalue weighted by Gasteiger charge is -2.08. The molecule has 0 aliphatic heterocycles. The second-order valence-corrected chi connectivity index (χ2v) is 5.92. The maximum atomic E-state index is 5.99. The van der Waals surface area contributed by atoms with Gasteiger partial charge >= 0.3 is 0 Å². The Morgan fingerprint density at radius 1 is 1.37 bits per heavy atom. The Morgan fingerprint density at radius 3 is 2.74 bits per heavy atom. The summed E-state index contributed by atoms with van der Waals surface area (Å²) in [6.45, 7) is 5.36. The van der Waals surface area contributed by atoms with Gasteiger partial charge in [-0.2, -0.15) is 0 Å². The molecule has 1 atom stereocenters. The maximum Gasteiger partial charge on any atom is 0.184 e. The van der Waals surface area contributed by atoms with Crippen LogP contribution in [0.15, 0.2) is 18.2 Å². The standard InChI is InChI=1S/C13H18N6/c1-13(2)6-8(13)7-19-12(16-17-18-19)10-4-3-9(14)5-11(10)15/h3-5,8H,6-7,14-15H2,1-2H3. The monoisotopic (exact) mass is 258 g/mol. The topological polar surface area (TPSA) is 95.6 Å². The van der Waals surface area contributed by atoms with Crippen molar-refractivity contribution in [2.45, 2.75) is 26.8 Å². The summed E-state index contributed by atoms with van der Waals surface area (Å²) in [5.41, 5.74) is 14.2. The van der Waals surface area contributed by atoms with Crippen LogP contribution in [0.3, 0.4) is 0 Å². The van der Waals surface area contributed by atoms with Crippen LogP contribution in [0.2, 0.25) is 0 Å². The molecule has 3 rings (SSSR count). The average Bonchev–Trinajstić information content (AvgIpc) is 2.72. The van der Waals surface area contributed by atoms with Crippen LogP contribution in [0, 0.1) is 11.3 Å². The Labute approximate surface area is 111 Å². The first-order valence-corrected chi connectivity index (χ1v) is 6.39. The molecule has 1 heterocycles. The van der Waals surface area contributed by atoms with E-state index < -0.39 is 0 Å². The Bertz CT molecular complexity index is 615. The zero-order chi connectivity index (χ0) is 13.6. The fraction of sp³-hybridized carbons (Fsp3) is 0.462. The Morgan fingerprint density at radius 2 is 2.11 bits per heavy atom. The van der Waals surface area contributed by atoms with Gasteiger partial charge in [0.25, 0.3) is 0 Å². The van der Waals surface area contributed by atoms with Crippen LogP contribution < -0.4 is 11.5 Å². The largest absolute Gasteiger partial charge is 0.399 e. The van der Waals surface area contributed by atoms with Gasteiger partial charge < -0.3 is 11.5 Å². The maximum absolute atomic E-state index is 5.99. The molecule has 1 aromatic carbocycles. The van der Waals surface area contributed by atoms with E-state index in [4.69, 9.17) is 11.5 Å². The van der Waals surface area contributed by atoms with Crippen molar-refractivity contribution in [3.05, 3.63) is 18.2 Å². The zero-order valence-corrected chi connectivity index (χ0v) is 11.2. The van der Waals surface area contributed by atoms with Crippen molar-refractivity contribution in [3.8, 4) is 11.4 Å². The number of anilines is 2. The van der Waals surface area contributed by atoms with Crippen LogP contribution in [0.25, 0.3) is 11.4 Å². The summed E-state index contributed by atoms with van der Waals surface area (Å²) in [5, 5.41) is 11.9. The van der Waals surface area contributed by atoms with Crippen LogP contribution in [0.1, 0.15) is 20.3 Å². The summed E-state index contributed by atoms with van der Waals surface area (Å²) in [5.74, 6) is 1.34. The van der Waals surface area contributed by atoms with E-state index >= 15 is 0 Å². The molecule has 19 heavy (non-hydrogen) atoms. The SMILES string of the molecule is CC1(C)CC1Cn1nnnc1-c1ccc(N)cc1N. The van der Waals surface area contributed by atoms with Gasteiger partial charge in [0, 0.05) is 23.5 Å². The van der Waals surface area contributed by atoms with Crippen LogP contribution in [0.4, 0.5) is 11.4 Å². The Hall–Kier alpha value is -2.11. The first-order chi connectivity index (χ1) is 8.97. The second kappa shape index (κ2) is 3.94. The van der Waals surface area contributed by atoms with Crippen LogP contribution in [0.5, 0.6) is 0 Å². The van der Waals surface area contributed by atoms with E-state index in [1.165, 1.54) is 6.42 Å². The van der Waals surface area contributed by atoms with E-state index in [-0.39, 0.29) is 0 Å². The molecule has 6 nitrogen and oxygen atoms in total. The molecular weight excluding hydrogens is 240 g/mol. The molecular formula is C13H18N6. The molecule has 1 saturated carbocycles. The normalized spacial score (nSPS) is 20.4. The number of aromatic nitrogens is 4. The molecule has 0 spiro atoms. The highest BCUT2D eigenvalue weighted by Crippen LogP contribution is 2.52. The highest BCUT2D eigenvalue weighted by Gasteiger charge is 2.46. The molecule has 0 radical (unpaired) electrons. The van der Waals surface area contributed by atoms with Gasteiger partial charge in [0.15, 0.2) is 5.82 Å². The first-order valence-electron chi connectivity index (χ1n) is 6.39. The number of tetrazole rings is 1. The van der Waals surface area contributed by atoms with E-state index in [0.717, 1.165) is 12.1 Å². The van der Waals surface area contributed by atoms with Crippen molar-refractivity contribution in [3.63, 3.8) is 0 Å². The smallest absolute Gasteiger partial charge is 0.184 e. The van der Waals surface area contributed by atoms with Crippen LogP contribution >= 0.6 is 0 Å². The third-order valence-electron chi connectivity index (χ3n) is 3.96. The highest BCUT2D eigenvalue weighted by atomic mass is 15.5. The lowest BCUT2D eigenvalue weighted by atomic mass is 10.1. The van der Waals surface area contributed by atoms with Crippen molar-refractivity contribution in [1.29, 1.82) is 0 Å². The average molecular weight is 258 g/mol. The van der Waals surface area contributed by atoms with E-state index in [1.54, 1.807) is 6.07 Å². The molecule has 1 aliphatic rings. The fourth-order valence-corrected chi connectivity index (χ4v) is 2.40. The number of nitrogens with two attached hydrogens (primary N) is 2. The van der Waals surface area contributed by atoms with Gasteiger partial charge in [-0.15, -0.1) is 5.10 Å². The van der Waals surface area contributed by atoms with Crippen LogP contribution in [-0.2, 0) is 6.54 Å². The summed E-state index contributed by atoms with van der Waals surface area (Å²) >= 11 is 0. The van der Waals surface area contributed by atoms with Crippen molar-refractivity contribution < 1.29 is 0 Å². The summed E-state index contributed by atoms with van der Waals surface area (Å²) < 4.78 is 1.83. The molecule has 1 aliphatic carbocycles. The van der Waals surface area contributed by atoms with E-state index in [9.17, 15) is 0 Å². The summed E-state index contributed by atoms with van der Waals surface area (Å²) in [4.78, 5) is 0. The summed E-state index contributed by atoms with van der Waals surface area (Å²) in [6.07, 6.45) is 1.21. The Balaban J connectivity index is 1.91. The predicted octanol–water partition coefficient (Wildman–Crippen LogP) is 1.55. The third-order valence-corrected chi connectivity index (χ3v) is 3.96. The number of nitrogens with zero attached hydrogens (tertiary/aromatic N) is 4. The van der Waals surface area contributed by atoms with Gasteiger partial charge in [0.05, 0.1) is 0 Å². The van der Waals surface area contributed by atoms with Gasteiger partial charge in [0.2, 0.25) is 0 Å². The fourth-order valence-electron chi connectivity index (χ4n) is 2.40. The number of rotatable bonds is 3. The van der Waals surface area contributed by atoms with Crippen LogP contribution in [-0.4, -0.2) is 20.2 Å². The minimum Gasteiger partial charge on any atom is -0.399 e. The molecule has 100 valence electrons. The van der Waals surface area contributed by atoms with Crippen molar-refractivity contribution in [1.82, 2.24) is 20.2 Å². The molecule has 6 heteroatoms. The molecule has 0 amide bonds. The van der Waals surface area contributed by atoms with E-state index in [2.05, 4.69) is 29.4 Å². The summed E-state index contributed by atoms with van der Waals surface area (Å²) in [7, 11) is 0. The van der Waals surface area contributed by atoms with Gasteiger partial charge in [0.1, 0.15) is 0 Å². The number of hydrogen-bond acceptors (Lipinski definition) is 5. The molecule has 1 unspecified atom stereocenters. The van der Waals surface area contributed by atoms with E-state index in [1.807, 2.05) is 16.8 Å². The second-order valence-electron chi connectivity index (χ2n) is 5.92. The molecule has 1 aromatic heterocycles. The lowest BCUT2D eigenvalue weighted by molar-refractivity contribution is 0.467. The van der Waals surface area contributed by atoms with Gasteiger partial charge in [-0.1, -0.05) is 13.8 Å². The highest BCUT2D eigenvalue weighted by molar-refractivity contribution is 5.74. The predicted molar refractivity (Wildman–Crippen MR) is 74.0 cm³/mol. The number of hydrogen-bond donors (Lipinski definition) is 2. The van der Waals surface area contributed by atoms with Gasteiger partial charge in [-0.3, -0.25) is 0 Å². The molecule has 1 fully saturated rings. The minimum absolute atomic E-state index is 0.399. The minimum atomic E-state index is 0.399. The van der Waals surface area contributed by atoms with Gasteiger partial charge in [-0.25, -0.2) is 4.68 Å². The quantitative estimate of drug-likeness (QED) is 0.814. The molecule has 0 saturated heterocycles. The summed E-state index contributed by atoms with van der Waals surface area (Å²) in [6, 6.07) is 5.41. The van der Waals surface area contributed by atoms with Crippen molar-refractivity contribution in [2.75, 3.05) is 11.5 Å². The van der Waals surface area contributed by atoms with E-state index in [0.29, 0.717) is 28.5 Å².